The summed E-state index contributed by atoms with van der Waals surface area (Å²) in [5.74, 6) is -0.107. The third kappa shape index (κ3) is 3.13. The molecule has 2 amide bonds. The smallest absolute Gasteiger partial charge is 0.225 e. The molecule has 3 heterocycles. The van der Waals surface area contributed by atoms with E-state index in [0.29, 0.717) is 19.5 Å². The topological polar surface area (TPSA) is 54.3 Å². The number of benzene rings is 1. The van der Waals surface area contributed by atoms with E-state index in [1.165, 1.54) is 34.1 Å². The summed E-state index contributed by atoms with van der Waals surface area (Å²) < 4.78 is 2.45. The summed E-state index contributed by atoms with van der Waals surface area (Å²) in [6.07, 6.45) is 3.52. The number of hydrogen-bond donors (Lipinski definition) is 1. The van der Waals surface area contributed by atoms with Gasteiger partial charge in [-0.25, -0.2) is 0 Å². The minimum Gasteiger partial charge on any atom is -0.355 e. The van der Waals surface area contributed by atoms with Gasteiger partial charge in [0.05, 0.1) is 11.4 Å². The number of carbonyl (C=O) groups excluding carboxylic acids is 2. The zero-order valence-corrected chi connectivity index (χ0v) is 16.5. The first-order valence-electron chi connectivity index (χ1n) is 10.1. The number of aromatic nitrogens is 1. The molecule has 1 atom stereocenters. The van der Waals surface area contributed by atoms with Crippen molar-refractivity contribution in [1.82, 2.24) is 14.8 Å². The van der Waals surface area contributed by atoms with Gasteiger partial charge in [0.1, 0.15) is 0 Å². The summed E-state index contributed by atoms with van der Waals surface area (Å²) in [4.78, 5) is 26.4. The maximum atomic E-state index is 12.5. The number of carbonyl (C=O) groups is 2. The Morgan fingerprint density at radius 3 is 2.89 bits per heavy atom. The van der Waals surface area contributed by atoms with Gasteiger partial charge in [0.15, 0.2) is 0 Å². The monoisotopic (exact) mass is 367 g/mol. The summed E-state index contributed by atoms with van der Waals surface area (Å²) in [6.45, 7) is 8.44. The molecule has 0 bridgehead atoms. The molecule has 27 heavy (non-hydrogen) atoms. The van der Waals surface area contributed by atoms with Gasteiger partial charge >= 0.3 is 0 Å². The summed E-state index contributed by atoms with van der Waals surface area (Å²) in [7, 11) is 0. The van der Waals surface area contributed by atoms with Crippen LogP contribution in [0.2, 0.25) is 0 Å². The minimum atomic E-state index is -0.212. The van der Waals surface area contributed by atoms with Gasteiger partial charge in [-0.2, -0.15) is 0 Å². The van der Waals surface area contributed by atoms with Crippen LogP contribution in [-0.2, 0) is 29.0 Å². The fraction of sp³-hybridized carbons (Fsp3) is 0.545. The van der Waals surface area contributed by atoms with Crippen LogP contribution in [0, 0.1) is 12.8 Å². The average Bonchev–Trinajstić information content (AvgIpc) is 3.17. The molecular formula is C22H29N3O2. The number of hydrogen-bond acceptors (Lipinski definition) is 2. The SMILES string of the molecule is Cc1c(CCNC(=O)[C@@H]2CC(=O)N(C(C)C)C2)c2cccc3c2n1CCC3. The number of para-hydroxylation sites is 1. The van der Waals surface area contributed by atoms with Crippen LogP contribution in [0.25, 0.3) is 10.9 Å². The normalized spacial score (nSPS) is 19.3. The maximum absolute atomic E-state index is 12.5. The minimum absolute atomic E-state index is 0.0119. The van der Waals surface area contributed by atoms with Crippen molar-refractivity contribution in [1.29, 1.82) is 0 Å². The Kier molecular flexibility index (Phi) is 4.70. The van der Waals surface area contributed by atoms with Crippen molar-refractivity contribution in [2.75, 3.05) is 13.1 Å². The number of nitrogens with one attached hydrogen (secondary N) is 1. The molecule has 0 saturated carbocycles. The zero-order valence-electron chi connectivity index (χ0n) is 16.5. The quantitative estimate of drug-likeness (QED) is 0.883. The molecule has 1 saturated heterocycles. The number of aryl methyl sites for hydroxylation is 2. The number of rotatable bonds is 5. The molecule has 1 N–H and O–H groups in total. The number of amides is 2. The summed E-state index contributed by atoms with van der Waals surface area (Å²) >= 11 is 0. The van der Waals surface area contributed by atoms with Crippen LogP contribution < -0.4 is 5.32 Å². The van der Waals surface area contributed by atoms with Gasteiger partial charge in [0.25, 0.3) is 0 Å². The Morgan fingerprint density at radius 1 is 1.33 bits per heavy atom. The molecule has 2 aromatic rings. The largest absolute Gasteiger partial charge is 0.355 e. The van der Waals surface area contributed by atoms with Crippen LogP contribution in [0.3, 0.4) is 0 Å². The van der Waals surface area contributed by atoms with Crippen molar-refractivity contribution < 1.29 is 9.59 Å². The van der Waals surface area contributed by atoms with Crippen LogP contribution in [0.1, 0.15) is 43.5 Å². The fourth-order valence-electron chi connectivity index (χ4n) is 4.76. The van der Waals surface area contributed by atoms with Crippen molar-refractivity contribution >= 4 is 22.7 Å². The molecule has 0 radical (unpaired) electrons. The second-order valence-corrected chi connectivity index (χ2v) is 8.21. The van der Waals surface area contributed by atoms with Gasteiger partial charge < -0.3 is 14.8 Å². The second kappa shape index (κ2) is 7.02. The molecule has 144 valence electrons. The van der Waals surface area contributed by atoms with Crippen molar-refractivity contribution in [2.45, 2.75) is 59.0 Å². The van der Waals surface area contributed by atoms with E-state index < -0.39 is 0 Å². The van der Waals surface area contributed by atoms with Crippen LogP contribution in [0.5, 0.6) is 0 Å². The van der Waals surface area contributed by atoms with E-state index >= 15 is 0 Å². The average molecular weight is 367 g/mol. The molecule has 0 unspecified atom stereocenters. The van der Waals surface area contributed by atoms with Gasteiger partial charge in [-0.3, -0.25) is 9.59 Å². The highest BCUT2D eigenvalue weighted by Crippen LogP contribution is 2.32. The van der Waals surface area contributed by atoms with E-state index in [9.17, 15) is 9.59 Å². The number of nitrogens with zero attached hydrogens (tertiary/aromatic N) is 2. The Morgan fingerprint density at radius 2 is 2.15 bits per heavy atom. The lowest BCUT2D eigenvalue weighted by molar-refractivity contribution is -0.129. The lowest BCUT2D eigenvalue weighted by atomic mass is 10.0. The highest BCUT2D eigenvalue weighted by atomic mass is 16.2. The van der Waals surface area contributed by atoms with Crippen molar-refractivity contribution in [2.24, 2.45) is 5.92 Å². The Balaban J connectivity index is 1.43. The zero-order chi connectivity index (χ0) is 19.1. The summed E-state index contributed by atoms with van der Waals surface area (Å²) in [5, 5.41) is 4.41. The molecule has 5 nitrogen and oxygen atoms in total. The Labute approximate surface area is 160 Å². The predicted octanol–water partition coefficient (Wildman–Crippen LogP) is 2.81. The van der Waals surface area contributed by atoms with Gasteiger partial charge in [0.2, 0.25) is 11.8 Å². The van der Waals surface area contributed by atoms with Crippen LogP contribution in [0.15, 0.2) is 18.2 Å². The number of likely N-dealkylation sites (tertiary alicyclic amines) is 1. The van der Waals surface area contributed by atoms with Crippen molar-refractivity contribution in [3.63, 3.8) is 0 Å². The van der Waals surface area contributed by atoms with Gasteiger partial charge in [-0.1, -0.05) is 18.2 Å². The molecule has 2 aliphatic heterocycles. The van der Waals surface area contributed by atoms with Crippen LogP contribution in [0.4, 0.5) is 0 Å². The summed E-state index contributed by atoms with van der Waals surface area (Å²) in [6, 6.07) is 6.76. The molecule has 5 heteroatoms. The second-order valence-electron chi connectivity index (χ2n) is 8.21. The molecular weight excluding hydrogens is 338 g/mol. The lowest BCUT2D eigenvalue weighted by Crippen LogP contribution is -2.36. The Bertz CT molecular complexity index is 897. The maximum Gasteiger partial charge on any atom is 0.225 e. The van der Waals surface area contributed by atoms with E-state index in [2.05, 4.69) is 35.0 Å². The third-order valence-electron chi connectivity index (χ3n) is 6.21. The molecule has 1 fully saturated rings. The van der Waals surface area contributed by atoms with E-state index in [1.54, 1.807) is 4.90 Å². The van der Waals surface area contributed by atoms with E-state index in [4.69, 9.17) is 0 Å². The van der Waals surface area contributed by atoms with Gasteiger partial charge in [-0.05, 0) is 51.2 Å². The van der Waals surface area contributed by atoms with E-state index in [0.717, 1.165) is 19.4 Å². The predicted molar refractivity (Wildman–Crippen MR) is 107 cm³/mol. The standard InChI is InChI=1S/C22H29N3O2/c1-14(2)25-13-17(12-20(25)26)22(27)23-10-9-18-15(3)24-11-5-7-16-6-4-8-19(18)21(16)24/h4,6,8,14,17H,5,7,9-13H2,1-3H3,(H,23,27)/t17-/m1/s1. The molecule has 0 aliphatic carbocycles. The first-order chi connectivity index (χ1) is 13.0. The van der Waals surface area contributed by atoms with Crippen molar-refractivity contribution in [3.8, 4) is 0 Å². The Hall–Kier alpha value is -2.30. The van der Waals surface area contributed by atoms with Crippen molar-refractivity contribution in [3.05, 3.63) is 35.0 Å². The fourth-order valence-corrected chi connectivity index (χ4v) is 4.76. The van der Waals surface area contributed by atoms with Crippen LogP contribution in [-0.4, -0.2) is 40.4 Å². The third-order valence-corrected chi connectivity index (χ3v) is 6.21. The first-order valence-corrected chi connectivity index (χ1v) is 10.1. The molecule has 1 aromatic carbocycles. The summed E-state index contributed by atoms with van der Waals surface area (Å²) in [5.41, 5.74) is 5.50. The van der Waals surface area contributed by atoms with Gasteiger partial charge in [0, 0.05) is 43.2 Å². The van der Waals surface area contributed by atoms with Crippen LogP contribution >= 0.6 is 0 Å². The lowest BCUT2D eigenvalue weighted by Gasteiger charge is -2.20. The van der Waals surface area contributed by atoms with E-state index in [-0.39, 0.29) is 23.8 Å². The van der Waals surface area contributed by atoms with Gasteiger partial charge in [-0.15, -0.1) is 0 Å². The molecule has 0 spiro atoms. The van der Waals surface area contributed by atoms with E-state index in [1.807, 2.05) is 13.8 Å². The molecule has 1 aromatic heterocycles. The molecule has 4 rings (SSSR count). The highest BCUT2D eigenvalue weighted by molar-refractivity contribution is 5.90. The molecule has 2 aliphatic rings. The first kappa shape index (κ1) is 18.1. The highest BCUT2D eigenvalue weighted by Gasteiger charge is 2.35.